The lowest BCUT2D eigenvalue weighted by molar-refractivity contribution is 0.102. The maximum Gasteiger partial charge on any atom is 0.259 e. The molecule has 0 atom stereocenters. The van der Waals surface area contributed by atoms with E-state index in [1.807, 2.05) is 30.3 Å². The second-order valence-electron chi connectivity index (χ2n) is 8.57. The number of carbonyl (C=O) groups is 1. The van der Waals surface area contributed by atoms with Gasteiger partial charge in [0.1, 0.15) is 24.7 Å². The largest absolute Gasteiger partial charge is 0.490 e. The first-order valence-corrected chi connectivity index (χ1v) is 13.2. The van der Waals surface area contributed by atoms with Crippen LogP contribution in [-0.2, 0) is 10.0 Å². The maximum absolute atomic E-state index is 12.9. The van der Waals surface area contributed by atoms with Gasteiger partial charge in [-0.05, 0) is 67.3 Å². The Hall–Kier alpha value is -3.36. The zero-order valence-corrected chi connectivity index (χ0v) is 20.5. The molecule has 0 spiro atoms. The lowest BCUT2D eigenvalue weighted by atomic mass is 10.0. The van der Waals surface area contributed by atoms with Crippen molar-refractivity contribution in [2.75, 3.05) is 31.6 Å². The molecule has 1 aliphatic rings. The summed E-state index contributed by atoms with van der Waals surface area (Å²) in [6.07, 6.45) is 1.74. The van der Waals surface area contributed by atoms with Gasteiger partial charge in [0, 0.05) is 18.8 Å². The Bertz CT molecular complexity index is 1220. The molecule has 1 aliphatic heterocycles. The predicted octanol–water partition coefficient (Wildman–Crippen LogP) is 4.82. The van der Waals surface area contributed by atoms with Crippen molar-refractivity contribution in [3.05, 3.63) is 84.4 Å². The highest BCUT2D eigenvalue weighted by Gasteiger charge is 2.28. The number of amides is 1. The van der Waals surface area contributed by atoms with Crippen LogP contribution in [0.1, 0.15) is 30.1 Å². The van der Waals surface area contributed by atoms with E-state index in [0.29, 0.717) is 42.6 Å². The molecule has 1 N–H and O–H groups in total. The summed E-state index contributed by atoms with van der Waals surface area (Å²) in [7, 11) is -3.53. The third-order valence-corrected chi connectivity index (χ3v) is 7.89. The number of hydrogen-bond acceptors (Lipinski definition) is 5. The van der Waals surface area contributed by atoms with E-state index >= 15 is 0 Å². The van der Waals surface area contributed by atoms with Crippen LogP contribution in [0.5, 0.6) is 11.5 Å². The minimum atomic E-state index is -3.53. The number of nitrogens with one attached hydrogen (secondary N) is 1. The molecule has 3 aromatic carbocycles. The lowest BCUT2D eigenvalue weighted by Gasteiger charge is -2.29. The number of benzene rings is 3. The first kappa shape index (κ1) is 24.8. The molecular weight excluding hydrogens is 464 g/mol. The highest BCUT2D eigenvalue weighted by molar-refractivity contribution is 7.89. The van der Waals surface area contributed by atoms with Crippen LogP contribution in [0.3, 0.4) is 0 Å². The summed E-state index contributed by atoms with van der Waals surface area (Å²) in [4.78, 5) is 13.1. The topological polar surface area (TPSA) is 84.9 Å². The monoisotopic (exact) mass is 494 g/mol. The van der Waals surface area contributed by atoms with Gasteiger partial charge in [-0.3, -0.25) is 4.79 Å². The van der Waals surface area contributed by atoms with Crippen molar-refractivity contribution >= 4 is 21.6 Å². The number of anilines is 1. The van der Waals surface area contributed by atoms with E-state index in [2.05, 4.69) is 12.2 Å². The zero-order chi connectivity index (χ0) is 24.7. The second-order valence-corrected chi connectivity index (χ2v) is 10.5. The van der Waals surface area contributed by atoms with Gasteiger partial charge in [0.2, 0.25) is 10.0 Å². The molecule has 1 amide bonds. The van der Waals surface area contributed by atoms with Gasteiger partial charge in [0.05, 0.1) is 10.5 Å². The van der Waals surface area contributed by atoms with Crippen molar-refractivity contribution in [1.82, 2.24) is 4.31 Å². The molecule has 0 saturated carbocycles. The third-order valence-electron chi connectivity index (χ3n) is 5.98. The first-order valence-electron chi connectivity index (χ1n) is 11.7. The van der Waals surface area contributed by atoms with Crippen LogP contribution in [0, 0.1) is 5.92 Å². The van der Waals surface area contributed by atoms with E-state index in [4.69, 9.17) is 9.47 Å². The number of piperidine rings is 1. The maximum atomic E-state index is 12.9. The second kappa shape index (κ2) is 11.4. The fourth-order valence-corrected chi connectivity index (χ4v) is 5.36. The fraction of sp³-hybridized carbons (Fsp3) is 0.296. The van der Waals surface area contributed by atoms with Crippen molar-refractivity contribution < 1.29 is 22.7 Å². The molecule has 1 fully saturated rings. The Kier molecular flexibility index (Phi) is 8.05. The van der Waals surface area contributed by atoms with E-state index in [9.17, 15) is 13.2 Å². The molecule has 7 nitrogen and oxygen atoms in total. The number of nitrogens with zero attached hydrogens (tertiary/aromatic N) is 1. The van der Waals surface area contributed by atoms with Gasteiger partial charge in [0.25, 0.3) is 5.91 Å². The number of carbonyl (C=O) groups excluding carboxylic acids is 1. The molecule has 184 valence electrons. The van der Waals surface area contributed by atoms with Crippen molar-refractivity contribution in [1.29, 1.82) is 0 Å². The average molecular weight is 495 g/mol. The van der Waals surface area contributed by atoms with Crippen LogP contribution < -0.4 is 14.8 Å². The van der Waals surface area contributed by atoms with E-state index < -0.39 is 10.0 Å². The molecule has 0 bridgehead atoms. The summed E-state index contributed by atoms with van der Waals surface area (Å²) in [5, 5.41) is 2.82. The van der Waals surface area contributed by atoms with Gasteiger partial charge in [-0.2, -0.15) is 4.31 Å². The summed E-state index contributed by atoms with van der Waals surface area (Å²) in [6, 6.07) is 22.7. The average Bonchev–Trinajstić information content (AvgIpc) is 2.88. The summed E-state index contributed by atoms with van der Waals surface area (Å²) in [6.45, 7) is 3.83. The fourth-order valence-electron chi connectivity index (χ4n) is 3.89. The van der Waals surface area contributed by atoms with Crippen LogP contribution in [0.25, 0.3) is 0 Å². The Morgan fingerprint density at radius 2 is 1.51 bits per heavy atom. The molecule has 0 unspecified atom stereocenters. The standard InChI is InChI=1S/C27H30N2O5S/c1-21-15-17-29(18-16-21)35(31,32)24-13-11-22(12-14-24)28-27(30)25-9-5-6-10-26(25)34-20-19-33-23-7-3-2-4-8-23/h2-14,21H,15-20H2,1H3,(H,28,30). The van der Waals surface area contributed by atoms with Crippen LogP contribution >= 0.6 is 0 Å². The number of hydrogen-bond donors (Lipinski definition) is 1. The van der Waals surface area contributed by atoms with E-state index in [1.165, 1.54) is 16.4 Å². The molecule has 0 radical (unpaired) electrons. The third kappa shape index (κ3) is 6.41. The molecule has 0 aromatic heterocycles. The van der Waals surface area contributed by atoms with Crippen molar-refractivity contribution in [2.45, 2.75) is 24.7 Å². The Morgan fingerprint density at radius 1 is 0.886 bits per heavy atom. The SMILES string of the molecule is CC1CCN(S(=O)(=O)c2ccc(NC(=O)c3ccccc3OCCOc3ccccc3)cc2)CC1. The van der Waals surface area contributed by atoms with Gasteiger partial charge < -0.3 is 14.8 Å². The van der Waals surface area contributed by atoms with E-state index in [1.54, 1.807) is 36.4 Å². The summed E-state index contributed by atoms with van der Waals surface area (Å²) in [5.74, 6) is 1.40. The Morgan fingerprint density at radius 3 is 2.23 bits per heavy atom. The van der Waals surface area contributed by atoms with Crippen molar-refractivity contribution in [3.63, 3.8) is 0 Å². The Balaban J connectivity index is 1.35. The first-order chi connectivity index (χ1) is 16.9. The molecule has 3 aromatic rings. The van der Waals surface area contributed by atoms with Crippen LogP contribution in [-0.4, -0.2) is 44.9 Å². The number of sulfonamides is 1. The van der Waals surface area contributed by atoms with E-state index in [0.717, 1.165) is 18.6 Å². The van der Waals surface area contributed by atoms with Crippen LogP contribution in [0.2, 0.25) is 0 Å². The van der Waals surface area contributed by atoms with Gasteiger partial charge in [-0.25, -0.2) is 8.42 Å². The lowest BCUT2D eigenvalue weighted by Crippen LogP contribution is -2.37. The number of rotatable bonds is 9. The van der Waals surface area contributed by atoms with E-state index in [-0.39, 0.29) is 17.4 Å². The zero-order valence-electron chi connectivity index (χ0n) is 19.7. The summed E-state index contributed by atoms with van der Waals surface area (Å²) >= 11 is 0. The molecule has 1 heterocycles. The highest BCUT2D eigenvalue weighted by Crippen LogP contribution is 2.25. The highest BCUT2D eigenvalue weighted by atomic mass is 32.2. The molecule has 8 heteroatoms. The summed E-state index contributed by atoms with van der Waals surface area (Å²) < 4.78 is 38.8. The minimum absolute atomic E-state index is 0.229. The van der Waals surface area contributed by atoms with Crippen LogP contribution in [0.4, 0.5) is 5.69 Å². The normalized spacial score (nSPS) is 14.9. The van der Waals surface area contributed by atoms with Gasteiger partial charge >= 0.3 is 0 Å². The minimum Gasteiger partial charge on any atom is -0.490 e. The van der Waals surface area contributed by atoms with Gasteiger partial charge in [-0.1, -0.05) is 37.3 Å². The molecule has 1 saturated heterocycles. The van der Waals surface area contributed by atoms with Crippen molar-refractivity contribution in [2.24, 2.45) is 5.92 Å². The molecule has 35 heavy (non-hydrogen) atoms. The predicted molar refractivity (Wildman–Crippen MR) is 135 cm³/mol. The van der Waals surface area contributed by atoms with Crippen LogP contribution in [0.15, 0.2) is 83.8 Å². The Labute approximate surface area is 206 Å². The van der Waals surface area contributed by atoms with Gasteiger partial charge in [-0.15, -0.1) is 0 Å². The number of ether oxygens (including phenoxy) is 2. The molecular formula is C27H30N2O5S. The molecule has 0 aliphatic carbocycles. The summed E-state index contributed by atoms with van der Waals surface area (Å²) in [5.41, 5.74) is 0.884. The van der Waals surface area contributed by atoms with Gasteiger partial charge in [0.15, 0.2) is 0 Å². The van der Waals surface area contributed by atoms with Crippen molar-refractivity contribution in [3.8, 4) is 11.5 Å². The molecule has 4 rings (SSSR count). The smallest absolute Gasteiger partial charge is 0.259 e. The number of para-hydroxylation sites is 2. The quantitative estimate of drug-likeness (QED) is 0.431.